The quantitative estimate of drug-likeness (QED) is 0.636. The molecule has 0 radical (unpaired) electrons. The minimum Gasteiger partial charge on any atom is -0.497 e. The summed E-state index contributed by atoms with van der Waals surface area (Å²) < 4.78 is 5.32. The molecule has 0 saturated heterocycles. The van der Waals surface area contributed by atoms with E-state index < -0.39 is 0 Å². The first kappa shape index (κ1) is 14.9. The molecule has 0 aromatic heterocycles. The van der Waals surface area contributed by atoms with E-state index in [0.29, 0.717) is 0 Å². The Bertz CT molecular complexity index is 665. The summed E-state index contributed by atoms with van der Waals surface area (Å²) in [4.78, 5) is 0. The van der Waals surface area contributed by atoms with Gasteiger partial charge in [-0.3, -0.25) is 0 Å². The molecule has 22 heavy (non-hydrogen) atoms. The molecule has 0 amide bonds. The van der Waals surface area contributed by atoms with Crippen molar-refractivity contribution >= 4 is 11.6 Å². The van der Waals surface area contributed by atoms with Crippen LogP contribution in [0.4, 0.5) is 0 Å². The first-order chi connectivity index (χ1) is 10.8. The molecule has 1 nitrogen and oxygen atoms in total. The fourth-order valence-corrected chi connectivity index (χ4v) is 3.10. The maximum Gasteiger partial charge on any atom is 0.119 e. The topological polar surface area (TPSA) is 9.23 Å². The lowest BCUT2D eigenvalue weighted by Gasteiger charge is -2.06. The number of methoxy groups -OCH3 is 1. The number of hydrogen-bond acceptors (Lipinski definition) is 1. The third-order valence-electron chi connectivity index (χ3n) is 4.45. The Labute approximate surface area is 133 Å². The molecular weight excluding hydrogens is 268 g/mol. The Morgan fingerprint density at radius 2 is 1.82 bits per heavy atom. The molecule has 1 aliphatic carbocycles. The second-order valence-electron chi connectivity index (χ2n) is 6.07. The number of rotatable bonds is 6. The Morgan fingerprint density at radius 3 is 2.55 bits per heavy atom. The maximum absolute atomic E-state index is 5.32. The highest BCUT2D eigenvalue weighted by atomic mass is 16.5. The molecule has 0 aliphatic heterocycles. The van der Waals surface area contributed by atoms with Crippen molar-refractivity contribution in [1.82, 2.24) is 0 Å². The summed E-state index contributed by atoms with van der Waals surface area (Å²) in [5.74, 6) is 0.944. The van der Waals surface area contributed by atoms with E-state index in [1.54, 1.807) is 7.11 Å². The van der Waals surface area contributed by atoms with Crippen LogP contribution < -0.4 is 4.74 Å². The first-order valence-corrected chi connectivity index (χ1v) is 8.27. The molecule has 0 atom stereocenters. The zero-order valence-electron chi connectivity index (χ0n) is 13.6. The fraction of sp³-hybridized carbons (Fsp3) is 0.333. The highest BCUT2D eigenvalue weighted by molar-refractivity contribution is 5.88. The van der Waals surface area contributed by atoms with Crippen molar-refractivity contribution in [3.8, 4) is 5.75 Å². The standard InChI is InChI=1S/C21H24O/c1-3-4-5-6-16-7-9-17(10-8-16)19-13-18-11-12-21(22-2)15-20(18)14-19/h7-13,15H,3-6,14H2,1-2H3. The second kappa shape index (κ2) is 6.83. The van der Waals surface area contributed by atoms with Crippen molar-refractivity contribution in [3.63, 3.8) is 0 Å². The van der Waals surface area contributed by atoms with Gasteiger partial charge in [-0.05, 0) is 59.2 Å². The van der Waals surface area contributed by atoms with Crippen LogP contribution in [0.5, 0.6) is 5.75 Å². The van der Waals surface area contributed by atoms with Crippen LogP contribution in [0.25, 0.3) is 11.6 Å². The van der Waals surface area contributed by atoms with Gasteiger partial charge in [0.05, 0.1) is 7.11 Å². The second-order valence-corrected chi connectivity index (χ2v) is 6.07. The van der Waals surface area contributed by atoms with E-state index in [0.717, 1.165) is 12.2 Å². The third kappa shape index (κ3) is 3.24. The van der Waals surface area contributed by atoms with Gasteiger partial charge in [0.25, 0.3) is 0 Å². The van der Waals surface area contributed by atoms with Crippen molar-refractivity contribution in [1.29, 1.82) is 0 Å². The summed E-state index contributed by atoms with van der Waals surface area (Å²) in [6.45, 7) is 2.25. The zero-order valence-corrected chi connectivity index (χ0v) is 13.6. The first-order valence-electron chi connectivity index (χ1n) is 8.27. The van der Waals surface area contributed by atoms with E-state index in [2.05, 4.69) is 49.4 Å². The highest BCUT2D eigenvalue weighted by Gasteiger charge is 2.14. The van der Waals surface area contributed by atoms with Crippen molar-refractivity contribution in [3.05, 3.63) is 64.7 Å². The van der Waals surface area contributed by atoms with Gasteiger partial charge in [0.1, 0.15) is 5.75 Å². The van der Waals surface area contributed by atoms with Crippen LogP contribution in [0, 0.1) is 0 Å². The van der Waals surface area contributed by atoms with Crippen molar-refractivity contribution < 1.29 is 4.74 Å². The van der Waals surface area contributed by atoms with E-state index in [9.17, 15) is 0 Å². The summed E-state index contributed by atoms with van der Waals surface area (Å²) in [5.41, 5.74) is 6.89. The SMILES string of the molecule is CCCCCc1ccc(C2=Cc3ccc(OC)cc3C2)cc1. The van der Waals surface area contributed by atoms with Gasteiger partial charge >= 0.3 is 0 Å². The van der Waals surface area contributed by atoms with Gasteiger partial charge in [-0.15, -0.1) is 0 Å². The normalized spacial score (nSPS) is 12.9. The van der Waals surface area contributed by atoms with Crippen LogP contribution in [-0.4, -0.2) is 7.11 Å². The summed E-state index contributed by atoms with van der Waals surface area (Å²) in [7, 11) is 1.72. The Hall–Kier alpha value is -2.02. The maximum atomic E-state index is 5.32. The fourth-order valence-electron chi connectivity index (χ4n) is 3.10. The largest absolute Gasteiger partial charge is 0.497 e. The van der Waals surface area contributed by atoms with Gasteiger partial charge in [0.2, 0.25) is 0 Å². The van der Waals surface area contributed by atoms with E-state index in [1.807, 2.05) is 6.07 Å². The van der Waals surface area contributed by atoms with Gasteiger partial charge < -0.3 is 4.74 Å². The smallest absolute Gasteiger partial charge is 0.119 e. The number of benzene rings is 2. The molecule has 0 unspecified atom stereocenters. The molecular formula is C21H24O. The number of allylic oxidation sites excluding steroid dienone is 1. The van der Waals surface area contributed by atoms with Crippen LogP contribution in [0.15, 0.2) is 42.5 Å². The molecule has 0 fully saturated rings. The van der Waals surface area contributed by atoms with Gasteiger partial charge in [0, 0.05) is 0 Å². The van der Waals surface area contributed by atoms with Crippen LogP contribution in [-0.2, 0) is 12.8 Å². The molecule has 114 valence electrons. The molecule has 0 bridgehead atoms. The number of ether oxygens (including phenoxy) is 1. The zero-order chi connectivity index (χ0) is 15.4. The molecule has 2 aromatic carbocycles. The van der Waals surface area contributed by atoms with Crippen LogP contribution in [0.2, 0.25) is 0 Å². The molecule has 0 spiro atoms. The number of hydrogen-bond donors (Lipinski definition) is 0. The lowest BCUT2D eigenvalue weighted by atomic mass is 10.00. The van der Waals surface area contributed by atoms with Crippen molar-refractivity contribution in [2.75, 3.05) is 7.11 Å². The Morgan fingerprint density at radius 1 is 1.00 bits per heavy atom. The van der Waals surface area contributed by atoms with Crippen LogP contribution in [0.1, 0.15) is 48.4 Å². The minimum absolute atomic E-state index is 0.944. The number of unbranched alkanes of at least 4 members (excludes halogenated alkanes) is 2. The third-order valence-corrected chi connectivity index (χ3v) is 4.45. The van der Waals surface area contributed by atoms with Gasteiger partial charge in [-0.25, -0.2) is 0 Å². The molecule has 0 heterocycles. The predicted octanol–water partition coefficient (Wildman–Crippen LogP) is 5.52. The monoisotopic (exact) mass is 292 g/mol. The Kier molecular flexibility index (Phi) is 4.62. The lowest BCUT2D eigenvalue weighted by Crippen LogP contribution is -1.90. The van der Waals surface area contributed by atoms with E-state index in [1.165, 1.54) is 53.5 Å². The van der Waals surface area contributed by atoms with E-state index in [4.69, 9.17) is 4.74 Å². The van der Waals surface area contributed by atoms with Crippen molar-refractivity contribution in [2.24, 2.45) is 0 Å². The molecule has 2 aromatic rings. The summed E-state index contributed by atoms with van der Waals surface area (Å²) in [6, 6.07) is 15.5. The van der Waals surface area contributed by atoms with E-state index in [-0.39, 0.29) is 0 Å². The number of fused-ring (bicyclic) bond motifs is 1. The molecule has 0 N–H and O–H groups in total. The average molecular weight is 292 g/mol. The molecule has 0 saturated carbocycles. The predicted molar refractivity (Wildman–Crippen MR) is 94.2 cm³/mol. The van der Waals surface area contributed by atoms with Gasteiger partial charge in [-0.1, -0.05) is 56.2 Å². The summed E-state index contributed by atoms with van der Waals surface area (Å²) in [6.07, 6.45) is 8.41. The lowest BCUT2D eigenvalue weighted by molar-refractivity contribution is 0.414. The molecule has 1 heteroatoms. The van der Waals surface area contributed by atoms with E-state index >= 15 is 0 Å². The van der Waals surface area contributed by atoms with Gasteiger partial charge in [-0.2, -0.15) is 0 Å². The molecule has 1 aliphatic rings. The summed E-state index contributed by atoms with van der Waals surface area (Å²) >= 11 is 0. The van der Waals surface area contributed by atoms with Crippen molar-refractivity contribution in [2.45, 2.75) is 39.0 Å². The Balaban J connectivity index is 1.71. The summed E-state index contributed by atoms with van der Waals surface area (Å²) in [5, 5.41) is 0. The molecule has 3 rings (SSSR count). The average Bonchev–Trinajstić information content (AvgIpc) is 2.98. The van der Waals surface area contributed by atoms with Gasteiger partial charge in [0.15, 0.2) is 0 Å². The minimum atomic E-state index is 0.944. The highest BCUT2D eigenvalue weighted by Crippen LogP contribution is 2.33. The van der Waals surface area contributed by atoms with Crippen LogP contribution in [0.3, 0.4) is 0 Å². The van der Waals surface area contributed by atoms with Crippen LogP contribution >= 0.6 is 0 Å². The number of aryl methyl sites for hydroxylation is 1.